The molecule has 1 unspecified atom stereocenters. The van der Waals surface area contributed by atoms with E-state index in [-0.39, 0.29) is 18.6 Å². The molecule has 4 N–H and O–H groups in total. The van der Waals surface area contributed by atoms with Gasteiger partial charge in [-0.1, -0.05) is 44.2 Å². The second kappa shape index (κ2) is 7.92. The van der Waals surface area contributed by atoms with Gasteiger partial charge in [0.1, 0.15) is 0 Å². The third-order valence-electron chi connectivity index (χ3n) is 2.95. The van der Waals surface area contributed by atoms with Gasteiger partial charge in [0.2, 0.25) is 5.91 Å². The highest BCUT2D eigenvalue weighted by molar-refractivity contribution is 5.81. The second-order valence-corrected chi connectivity index (χ2v) is 5.31. The number of benzene rings is 1. The minimum atomic E-state index is -0.509. The number of aliphatic hydroxyl groups is 1. The summed E-state index contributed by atoms with van der Waals surface area (Å²) in [6.45, 7) is 3.97. The third kappa shape index (κ3) is 5.85. The first-order valence-electron chi connectivity index (χ1n) is 6.73. The van der Waals surface area contributed by atoms with Gasteiger partial charge in [0.05, 0.1) is 18.7 Å². The number of carbonyl (C=O) groups is 1. The van der Waals surface area contributed by atoms with E-state index in [1.54, 1.807) is 0 Å². The molecule has 0 bridgehead atoms. The quantitative estimate of drug-likeness (QED) is 0.690. The summed E-state index contributed by atoms with van der Waals surface area (Å²) in [7, 11) is 0. The van der Waals surface area contributed by atoms with Crippen molar-refractivity contribution in [1.82, 2.24) is 5.32 Å². The van der Waals surface area contributed by atoms with Crippen molar-refractivity contribution in [3.63, 3.8) is 0 Å². The molecule has 0 saturated carbocycles. The van der Waals surface area contributed by atoms with Gasteiger partial charge in [-0.05, 0) is 24.3 Å². The fourth-order valence-electron chi connectivity index (χ4n) is 1.98. The van der Waals surface area contributed by atoms with Crippen LogP contribution in [0.2, 0.25) is 0 Å². The van der Waals surface area contributed by atoms with Crippen molar-refractivity contribution in [2.45, 2.75) is 38.8 Å². The summed E-state index contributed by atoms with van der Waals surface area (Å²) in [5.41, 5.74) is 6.90. The van der Waals surface area contributed by atoms with Crippen molar-refractivity contribution < 1.29 is 9.90 Å². The Balaban J connectivity index is 2.50. The lowest BCUT2D eigenvalue weighted by Gasteiger charge is -2.20. The fraction of sp³-hybridized carbons (Fsp3) is 0.533. The van der Waals surface area contributed by atoms with Crippen molar-refractivity contribution in [3.8, 4) is 0 Å². The molecule has 1 aromatic rings. The van der Waals surface area contributed by atoms with E-state index in [1.807, 2.05) is 44.2 Å². The maximum Gasteiger partial charge on any atom is 0.237 e. The lowest BCUT2D eigenvalue weighted by atomic mass is 10.0. The topological polar surface area (TPSA) is 75.4 Å². The number of hydrogen-bond donors (Lipinski definition) is 3. The van der Waals surface area contributed by atoms with Crippen molar-refractivity contribution >= 4 is 5.91 Å². The SMILES string of the molecule is CC(C)C[C@H](N)C(=O)NC(CO)Cc1ccccc1. The summed E-state index contributed by atoms with van der Waals surface area (Å²) < 4.78 is 0. The Kier molecular flexibility index (Phi) is 6.53. The fourth-order valence-corrected chi connectivity index (χ4v) is 1.98. The van der Waals surface area contributed by atoms with Gasteiger partial charge in [-0.15, -0.1) is 0 Å². The summed E-state index contributed by atoms with van der Waals surface area (Å²) in [4.78, 5) is 11.9. The number of nitrogens with two attached hydrogens (primary N) is 1. The van der Waals surface area contributed by atoms with Crippen molar-refractivity contribution in [3.05, 3.63) is 35.9 Å². The van der Waals surface area contributed by atoms with E-state index < -0.39 is 6.04 Å². The number of aliphatic hydroxyl groups excluding tert-OH is 1. The zero-order valence-electron chi connectivity index (χ0n) is 11.7. The Morgan fingerprint density at radius 1 is 1.32 bits per heavy atom. The van der Waals surface area contributed by atoms with E-state index in [1.165, 1.54) is 0 Å². The first-order valence-corrected chi connectivity index (χ1v) is 6.73. The highest BCUT2D eigenvalue weighted by Crippen LogP contribution is 2.05. The van der Waals surface area contributed by atoms with Gasteiger partial charge in [-0.3, -0.25) is 4.79 Å². The van der Waals surface area contributed by atoms with Gasteiger partial charge in [0, 0.05) is 0 Å². The number of amides is 1. The van der Waals surface area contributed by atoms with Gasteiger partial charge >= 0.3 is 0 Å². The molecule has 19 heavy (non-hydrogen) atoms. The van der Waals surface area contributed by atoms with Crippen LogP contribution < -0.4 is 11.1 Å². The molecule has 0 aliphatic rings. The Morgan fingerprint density at radius 3 is 2.47 bits per heavy atom. The minimum Gasteiger partial charge on any atom is -0.394 e. The van der Waals surface area contributed by atoms with Crippen molar-refractivity contribution in [2.75, 3.05) is 6.61 Å². The molecule has 0 aliphatic carbocycles. The number of rotatable bonds is 7. The van der Waals surface area contributed by atoms with E-state index >= 15 is 0 Å². The van der Waals surface area contributed by atoms with Gasteiger partial charge in [0.15, 0.2) is 0 Å². The van der Waals surface area contributed by atoms with Crippen LogP contribution in [0.4, 0.5) is 0 Å². The number of nitrogens with one attached hydrogen (secondary N) is 1. The summed E-state index contributed by atoms with van der Waals surface area (Å²) >= 11 is 0. The molecule has 1 rings (SSSR count). The van der Waals surface area contributed by atoms with Crippen molar-refractivity contribution in [2.24, 2.45) is 11.7 Å². The van der Waals surface area contributed by atoms with Gasteiger partial charge in [-0.2, -0.15) is 0 Å². The average molecular weight is 264 g/mol. The highest BCUT2D eigenvalue weighted by Gasteiger charge is 2.18. The molecule has 0 fully saturated rings. The van der Waals surface area contributed by atoms with Crippen LogP contribution in [0.1, 0.15) is 25.8 Å². The number of hydrogen-bond acceptors (Lipinski definition) is 3. The Bertz CT molecular complexity index is 379. The Morgan fingerprint density at radius 2 is 1.95 bits per heavy atom. The molecule has 0 spiro atoms. The maximum atomic E-state index is 11.9. The Hall–Kier alpha value is -1.39. The summed E-state index contributed by atoms with van der Waals surface area (Å²) in [5, 5.41) is 12.2. The monoisotopic (exact) mass is 264 g/mol. The zero-order chi connectivity index (χ0) is 14.3. The van der Waals surface area contributed by atoms with E-state index in [2.05, 4.69) is 5.32 Å². The predicted molar refractivity (Wildman–Crippen MR) is 76.6 cm³/mol. The molecule has 0 radical (unpaired) electrons. The lowest BCUT2D eigenvalue weighted by molar-refractivity contribution is -0.123. The summed E-state index contributed by atoms with van der Waals surface area (Å²) in [6.07, 6.45) is 1.26. The van der Waals surface area contributed by atoms with Gasteiger partial charge in [0.25, 0.3) is 0 Å². The van der Waals surface area contributed by atoms with E-state index in [9.17, 15) is 9.90 Å². The molecular weight excluding hydrogens is 240 g/mol. The molecule has 0 aromatic heterocycles. The van der Waals surface area contributed by atoms with Crippen molar-refractivity contribution in [1.29, 1.82) is 0 Å². The molecule has 0 saturated heterocycles. The van der Waals surface area contributed by atoms with Crippen LogP contribution in [-0.4, -0.2) is 29.7 Å². The Labute approximate surface area is 115 Å². The third-order valence-corrected chi connectivity index (χ3v) is 2.95. The van der Waals surface area contributed by atoms with E-state index in [0.717, 1.165) is 5.56 Å². The van der Waals surface area contributed by atoms with Crippen LogP contribution in [0.5, 0.6) is 0 Å². The highest BCUT2D eigenvalue weighted by atomic mass is 16.3. The molecule has 1 aromatic carbocycles. The first kappa shape index (κ1) is 15.7. The van der Waals surface area contributed by atoms with Crippen LogP contribution in [0.25, 0.3) is 0 Å². The largest absolute Gasteiger partial charge is 0.394 e. The molecule has 0 aliphatic heterocycles. The molecule has 1 amide bonds. The van der Waals surface area contributed by atoms with Crippen LogP contribution >= 0.6 is 0 Å². The molecule has 2 atom stereocenters. The predicted octanol–water partition coefficient (Wildman–Crippen LogP) is 1.08. The summed E-state index contributed by atoms with van der Waals surface area (Å²) in [6, 6.07) is 8.98. The van der Waals surface area contributed by atoms with Crippen LogP contribution in [0.3, 0.4) is 0 Å². The lowest BCUT2D eigenvalue weighted by Crippen LogP contribution is -2.48. The second-order valence-electron chi connectivity index (χ2n) is 5.31. The van der Waals surface area contributed by atoms with Crippen LogP contribution in [0, 0.1) is 5.92 Å². The van der Waals surface area contributed by atoms with E-state index in [4.69, 9.17) is 5.73 Å². The zero-order valence-corrected chi connectivity index (χ0v) is 11.7. The summed E-state index contributed by atoms with van der Waals surface area (Å²) in [5.74, 6) is 0.186. The van der Waals surface area contributed by atoms with E-state index in [0.29, 0.717) is 18.8 Å². The number of carbonyl (C=O) groups excluding carboxylic acids is 1. The normalized spacial score (nSPS) is 14.2. The smallest absolute Gasteiger partial charge is 0.237 e. The minimum absolute atomic E-state index is 0.0883. The van der Waals surface area contributed by atoms with Crippen LogP contribution in [-0.2, 0) is 11.2 Å². The van der Waals surface area contributed by atoms with Crippen LogP contribution in [0.15, 0.2) is 30.3 Å². The molecule has 4 heteroatoms. The van der Waals surface area contributed by atoms with Gasteiger partial charge in [-0.25, -0.2) is 0 Å². The average Bonchev–Trinajstić information content (AvgIpc) is 2.38. The maximum absolute atomic E-state index is 11.9. The molecule has 4 nitrogen and oxygen atoms in total. The standard InChI is InChI=1S/C15H24N2O2/c1-11(2)8-14(16)15(19)17-13(10-18)9-12-6-4-3-5-7-12/h3-7,11,13-14,18H,8-10,16H2,1-2H3,(H,17,19)/t13?,14-/m0/s1. The molecule has 106 valence electrons. The van der Waals surface area contributed by atoms with Gasteiger partial charge < -0.3 is 16.2 Å². The molecule has 0 heterocycles. The molecular formula is C15H24N2O2. The first-order chi connectivity index (χ1) is 9.02.